The molecule has 1 N–H and O–H groups in total. The minimum atomic E-state index is -4.86. The average molecular weight is 481 g/mol. The Morgan fingerprint density at radius 2 is 1.79 bits per heavy atom. The smallest absolute Gasteiger partial charge is 0.406 e. The number of hydrogen-bond acceptors (Lipinski definition) is 4. The Balaban J connectivity index is 1.82. The second kappa shape index (κ2) is 9.95. The molecule has 0 bridgehead atoms. The Hall–Kier alpha value is -3.53. The maximum Gasteiger partial charge on any atom is 0.437 e. The Bertz CT molecular complexity index is 1140. The minimum absolute atomic E-state index is 0.0876. The maximum absolute atomic E-state index is 13.7. The number of ether oxygens (including phenoxy) is 1. The Kier molecular flexibility index (Phi) is 7.27. The van der Waals surface area contributed by atoms with Gasteiger partial charge in [-0.3, -0.25) is 10.1 Å². The summed E-state index contributed by atoms with van der Waals surface area (Å²) in [6, 6.07) is 11.6. The molecule has 3 aromatic rings. The summed E-state index contributed by atoms with van der Waals surface area (Å²) in [5.74, 6) is -1.01. The molecule has 7 nitrogen and oxygen atoms in total. The standard InChI is InChI=1S/C22H20ClF3N4O3/c1-3-29(4-2)20(31)14-6-5-7-16(12-14)28-21(32)33-18-13-27-30(19(18)22(24,25)26)17-10-8-15(23)9-11-17/h5-13H,3-4H2,1-2H3,(H,28,32). The number of amides is 2. The molecule has 0 spiro atoms. The van der Waals surface area contributed by atoms with Crippen LogP contribution in [0.25, 0.3) is 5.69 Å². The second-order valence-corrected chi connectivity index (χ2v) is 7.25. The van der Waals surface area contributed by atoms with Crippen molar-refractivity contribution in [2.75, 3.05) is 18.4 Å². The van der Waals surface area contributed by atoms with Crippen molar-refractivity contribution in [3.8, 4) is 11.4 Å². The highest BCUT2D eigenvalue weighted by Gasteiger charge is 2.40. The number of aromatic nitrogens is 2. The van der Waals surface area contributed by atoms with E-state index in [4.69, 9.17) is 16.3 Å². The molecular formula is C22H20ClF3N4O3. The molecule has 3 rings (SSSR count). The van der Waals surface area contributed by atoms with Crippen LogP contribution in [-0.2, 0) is 6.18 Å². The molecular weight excluding hydrogens is 461 g/mol. The summed E-state index contributed by atoms with van der Waals surface area (Å²) >= 11 is 5.79. The van der Waals surface area contributed by atoms with E-state index in [-0.39, 0.29) is 17.3 Å². The lowest BCUT2D eigenvalue weighted by Crippen LogP contribution is -2.30. The molecule has 0 aliphatic carbocycles. The van der Waals surface area contributed by atoms with E-state index in [9.17, 15) is 22.8 Å². The summed E-state index contributed by atoms with van der Waals surface area (Å²) in [7, 11) is 0. The third-order valence-corrected chi connectivity index (χ3v) is 4.94. The number of halogens is 4. The average Bonchev–Trinajstić information content (AvgIpc) is 3.19. The summed E-state index contributed by atoms with van der Waals surface area (Å²) in [5.41, 5.74) is -0.658. The molecule has 11 heteroatoms. The predicted octanol–water partition coefficient (Wildman–Crippen LogP) is 5.64. The molecule has 0 radical (unpaired) electrons. The van der Waals surface area contributed by atoms with E-state index in [0.29, 0.717) is 28.4 Å². The van der Waals surface area contributed by atoms with Crippen LogP contribution in [0, 0.1) is 0 Å². The van der Waals surface area contributed by atoms with Gasteiger partial charge in [0.05, 0.1) is 11.9 Å². The normalized spacial score (nSPS) is 11.2. The number of nitrogens with zero attached hydrogens (tertiary/aromatic N) is 3. The van der Waals surface area contributed by atoms with Crippen molar-refractivity contribution >= 4 is 29.3 Å². The van der Waals surface area contributed by atoms with Crippen LogP contribution in [0.15, 0.2) is 54.7 Å². The second-order valence-electron chi connectivity index (χ2n) is 6.82. The van der Waals surface area contributed by atoms with Crippen LogP contribution in [0.2, 0.25) is 5.02 Å². The molecule has 174 valence electrons. The molecule has 2 aromatic carbocycles. The summed E-state index contributed by atoms with van der Waals surface area (Å²) in [6.07, 6.45) is -5.22. The summed E-state index contributed by atoms with van der Waals surface area (Å²) in [5, 5.41) is 6.40. The third kappa shape index (κ3) is 5.64. The van der Waals surface area contributed by atoms with E-state index in [1.165, 1.54) is 36.4 Å². The largest absolute Gasteiger partial charge is 0.437 e. The van der Waals surface area contributed by atoms with Gasteiger partial charge in [-0.15, -0.1) is 0 Å². The van der Waals surface area contributed by atoms with Crippen LogP contribution >= 0.6 is 11.6 Å². The molecule has 0 unspecified atom stereocenters. The van der Waals surface area contributed by atoms with E-state index in [0.717, 1.165) is 6.20 Å². The maximum atomic E-state index is 13.7. The molecule has 33 heavy (non-hydrogen) atoms. The number of alkyl halides is 3. The van der Waals surface area contributed by atoms with Gasteiger partial charge in [0.1, 0.15) is 0 Å². The van der Waals surface area contributed by atoms with Crippen LogP contribution in [0.5, 0.6) is 5.75 Å². The Labute approximate surface area is 192 Å². The Morgan fingerprint density at radius 3 is 2.39 bits per heavy atom. The van der Waals surface area contributed by atoms with Gasteiger partial charge in [0.15, 0.2) is 11.4 Å². The summed E-state index contributed by atoms with van der Waals surface area (Å²) in [6.45, 7) is 4.69. The van der Waals surface area contributed by atoms with Gasteiger partial charge in [-0.25, -0.2) is 9.48 Å². The fourth-order valence-electron chi connectivity index (χ4n) is 3.11. The molecule has 0 saturated heterocycles. The van der Waals surface area contributed by atoms with Gasteiger partial charge in [-0.2, -0.15) is 18.3 Å². The van der Waals surface area contributed by atoms with Crippen LogP contribution in [0.3, 0.4) is 0 Å². The SMILES string of the molecule is CCN(CC)C(=O)c1cccc(NC(=O)Oc2cnn(-c3ccc(Cl)cc3)c2C(F)(F)F)c1. The fraction of sp³-hybridized carbons (Fsp3) is 0.227. The van der Waals surface area contributed by atoms with Gasteiger partial charge in [0.25, 0.3) is 5.91 Å². The van der Waals surface area contributed by atoms with Crippen molar-refractivity contribution in [2.24, 2.45) is 0 Å². The van der Waals surface area contributed by atoms with Crippen molar-refractivity contribution in [3.63, 3.8) is 0 Å². The minimum Gasteiger partial charge on any atom is -0.406 e. The van der Waals surface area contributed by atoms with Gasteiger partial charge in [-0.05, 0) is 56.3 Å². The molecule has 0 aliphatic heterocycles. The first kappa shape index (κ1) is 24.1. The number of carbonyl (C=O) groups excluding carboxylic acids is 2. The first-order valence-corrected chi connectivity index (χ1v) is 10.3. The first-order chi connectivity index (χ1) is 15.6. The fourth-order valence-corrected chi connectivity index (χ4v) is 3.24. The zero-order valence-corrected chi connectivity index (χ0v) is 18.4. The zero-order valence-electron chi connectivity index (χ0n) is 17.7. The summed E-state index contributed by atoms with van der Waals surface area (Å²) in [4.78, 5) is 26.4. The topological polar surface area (TPSA) is 76.5 Å². The molecule has 0 saturated carbocycles. The van der Waals surface area contributed by atoms with Gasteiger partial charge < -0.3 is 9.64 Å². The van der Waals surface area contributed by atoms with E-state index >= 15 is 0 Å². The zero-order chi connectivity index (χ0) is 24.2. The number of carbonyl (C=O) groups is 2. The number of nitrogens with one attached hydrogen (secondary N) is 1. The van der Waals surface area contributed by atoms with Gasteiger partial charge >= 0.3 is 12.3 Å². The molecule has 0 atom stereocenters. The van der Waals surface area contributed by atoms with Gasteiger partial charge in [0, 0.05) is 29.4 Å². The summed E-state index contributed by atoms with van der Waals surface area (Å²) < 4.78 is 46.7. The van der Waals surface area contributed by atoms with Crippen molar-refractivity contribution in [1.82, 2.24) is 14.7 Å². The van der Waals surface area contributed by atoms with Crippen LogP contribution in [-0.4, -0.2) is 39.8 Å². The lowest BCUT2D eigenvalue weighted by molar-refractivity contribution is -0.143. The van der Waals surface area contributed by atoms with Gasteiger partial charge in [0.2, 0.25) is 0 Å². The van der Waals surface area contributed by atoms with E-state index in [2.05, 4.69) is 10.4 Å². The van der Waals surface area contributed by atoms with Gasteiger partial charge in [-0.1, -0.05) is 17.7 Å². The molecule has 1 heterocycles. The van der Waals surface area contributed by atoms with E-state index < -0.39 is 23.7 Å². The third-order valence-electron chi connectivity index (χ3n) is 4.68. The molecule has 1 aromatic heterocycles. The number of benzene rings is 2. The van der Waals surface area contributed by atoms with Crippen molar-refractivity contribution in [1.29, 1.82) is 0 Å². The van der Waals surface area contributed by atoms with Crippen molar-refractivity contribution < 1.29 is 27.5 Å². The van der Waals surface area contributed by atoms with Crippen molar-refractivity contribution in [3.05, 3.63) is 71.0 Å². The number of rotatable bonds is 6. The van der Waals surface area contributed by atoms with Crippen LogP contribution < -0.4 is 10.1 Å². The number of anilines is 1. The molecule has 2 amide bonds. The van der Waals surface area contributed by atoms with E-state index in [1.54, 1.807) is 17.0 Å². The highest BCUT2D eigenvalue weighted by atomic mass is 35.5. The number of hydrogen-bond donors (Lipinski definition) is 1. The quantitative estimate of drug-likeness (QED) is 0.495. The predicted molar refractivity (Wildman–Crippen MR) is 117 cm³/mol. The Morgan fingerprint density at radius 1 is 1.12 bits per heavy atom. The first-order valence-electron chi connectivity index (χ1n) is 9.93. The molecule has 0 fully saturated rings. The monoisotopic (exact) mass is 480 g/mol. The van der Waals surface area contributed by atoms with Crippen molar-refractivity contribution in [2.45, 2.75) is 20.0 Å². The van der Waals surface area contributed by atoms with E-state index in [1.807, 2.05) is 13.8 Å². The highest BCUT2D eigenvalue weighted by molar-refractivity contribution is 6.30. The lowest BCUT2D eigenvalue weighted by atomic mass is 10.1. The lowest BCUT2D eigenvalue weighted by Gasteiger charge is -2.19. The van der Waals surface area contributed by atoms with Crippen LogP contribution in [0.1, 0.15) is 29.9 Å². The highest BCUT2D eigenvalue weighted by Crippen LogP contribution is 2.37. The van der Waals surface area contributed by atoms with Crippen LogP contribution in [0.4, 0.5) is 23.7 Å². The molecule has 0 aliphatic rings.